The highest BCUT2D eigenvalue weighted by Gasteiger charge is 2.12. The van der Waals surface area contributed by atoms with Gasteiger partial charge in [-0.05, 0) is 30.3 Å². The zero-order chi connectivity index (χ0) is 16.4. The summed E-state index contributed by atoms with van der Waals surface area (Å²) in [6.45, 7) is -0.329. The van der Waals surface area contributed by atoms with Crippen LogP contribution in [0.1, 0.15) is 0 Å². The van der Waals surface area contributed by atoms with E-state index < -0.39 is 11.8 Å². The Kier molecular flexibility index (Phi) is 4.08. The Hall–Kier alpha value is -2.73. The number of carbonyl (C=O) groups excluding carboxylic acids is 1. The van der Waals surface area contributed by atoms with E-state index in [2.05, 4.69) is 4.98 Å². The molecule has 116 valence electrons. The van der Waals surface area contributed by atoms with Gasteiger partial charge in [-0.3, -0.25) is 9.36 Å². The predicted molar refractivity (Wildman–Crippen MR) is 83.0 cm³/mol. The maximum Gasteiger partial charge on any atom is 0.331 e. The van der Waals surface area contributed by atoms with Crippen LogP contribution in [0.4, 0.5) is 4.39 Å². The number of hydrogen-bond acceptors (Lipinski definition) is 4. The van der Waals surface area contributed by atoms with Crippen LogP contribution in [-0.4, -0.2) is 15.5 Å². The summed E-state index contributed by atoms with van der Waals surface area (Å²) >= 11 is 5.79. The summed E-state index contributed by atoms with van der Waals surface area (Å²) in [6, 6.07) is 10.2. The van der Waals surface area contributed by atoms with Crippen LogP contribution >= 0.6 is 11.6 Å². The van der Waals surface area contributed by atoms with Crippen LogP contribution in [0.5, 0.6) is 5.75 Å². The van der Waals surface area contributed by atoms with Crippen LogP contribution in [0.2, 0.25) is 5.02 Å². The Morgan fingerprint density at radius 1 is 1.26 bits per heavy atom. The van der Waals surface area contributed by atoms with Gasteiger partial charge < -0.3 is 4.74 Å². The van der Waals surface area contributed by atoms with Crippen molar-refractivity contribution in [2.45, 2.75) is 6.54 Å². The number of nitrogens with zero attached hydrogens (tertiary/aromatic N) is 2. The van der Waals surface area contributed by atoms with E-state index in [1.54, 1.807) is 24.3 Å². The van der Waals surface area contributed by atoms with E-state index in [0.29, 0.717) is 10.9 Å². The van der Waals surface area contributed by atoms with Gasteiger partial charge in [0.25, 0.3) is 5.56 Å². The largest absolute Gasteiger partial charge is 0.424 e. The second kappa shape index (κ2) is 6.18. The topological polar surface area (TPSA) is 61.2 Å². The second-order valence-electron chi connectivity index (χ2n) is 4.74. The number of esters is 1. The summed E-state index contributed by atoms with van der Waals surface area (Å²) in [5, 5.41) is 0.380. The van der Waals surface area contributed by atoms with Gasteiger partial charge in [-0.25, -0.2) is 14.2 Å². The molecule has 3 rings (SSSR count). The van der Waals surface area contributed by atoms with Crippen molar-refractivity contribution >= 4 is 28.5 Å². The Morgan fingerprint density at radius 2 is 2.04 bits per heavy atom. The minimum Gasteiger partial charge on any atom is -0.424 e. The summed E-state index contributed by atoms with van der Waals surface area (Å²) in [5.74, 6) is -1.22. The quantitative estimate of drug-likeness (QED) is 0.546. The molecular formula is C16H10ClFN2O3. The fraction of sp³-hybridized carbons (Fsp3) is 0.0625. The fourth-order valence-corrected chi connectivity index (χ4v) is 2.28. The number of fused-ring (bicyclic) bond motifs is 1. The van der Waals surface area contributed by atoms with Crippen LogP contribution in [-0.2, 0) is 11.3 Å². The third kappa shape index (κ3) is 3.22. The molecule has 0 N–H and O–H groups in total. The van der Waals surface area contributed by atoms with Crippen molar-refractivity contribution in [3.05, 3.63) is 70.0 Å². The Morgan fingerprint density at radius 3 is 2.83 bits per heavy atom. The van der Waals surface area contributed by atoms with E-state index >= 15 is 0 Å². The summed E-state index contributed by atoms with van der Waals surface area (Å²) in [6.07, 6.45) is 1.28. The standard InChI is InChI=1S/C16H10ClFN2O3/c17-12-7-10(18)5-6-14(12)23-15(21)8-20-9-19-13-4-2-1-3-11(13)16(20)22/h1-7,9H,8H2. The van der Waals surface area contributed by atoms with Crippen LogP contribution < -0.4 is 10.3 Å². The van der Waals surface area contributed by atoms with Crippen molar-refractivity contribution in [2.24, 2.45) is 0 Å². The number of carbonyl (C=O) groups is 1. The number of halogens is 2. The molecule has 0 fully saturated rings. The number of ether oxygens (including phenoxy) is 1. The van der Waals surface area contributed by atoms with Crippen LogP contribution in [0.3, 0.4) is 0 Å². The van der Waals surface area contributed by atoms with Crippen molar-refractivity contribution in [1.29, 1.82) is 0 Å². The van der Waals surface area contributed by atoms with E-state index in [4.69, 9.17) is 16.3 Å². The molecule has 0 atom stereocenters. The lowest BCUT2D eigenvalue weighted by Gasteiger charge is -2.08. The minimum atomic E-state index is -0.710. The third-order valence-electron chi connectivity index (χ3n) is 3.15. The smallest absolute Gasteiger partial charge is 0.331 e. The summed E-state index contributed by atoms with van der Waals surface area (Å²) in [5.41, 5.74) is 0.196. The Bertz CT molecular complexity index is 955. The lowest BCUT2D eigenvalue weighted by molar-refractivity contribution is -0.135. The van der Waals surface area contributed by atoms with E-state index in [1.165, 1.54) is 12.4 Å². The predicted octanol–water partition coefficient (Wildman–Crippen LogP) is 2.79. The van der Waals surface area contributed by atoms with Gasteiger partial charge in [0.1, 0.15) is 18.1 Å². The molecule has 0 unspecified atom stereocenters. The molecule has 3 aromatic rings. The molecular weight excluding hydrogens is 323 g/mol. The first kappa shape index (κ1) is 15.2. The number of rotatable bonds is 3. The lowest BCUT2D eigenvalue weighted by Crippen LogP contribution is -2.26. The van der Waals surface area contributed by atoms with E-state index in [9.17, 15) is 14.0 Å². The number of benzene rings is 2. The first-order chi connectivity index (χ1) is 11.0. The number of para-hydroxylation sites is 1. The van der Waals surface area contributed by atoms with Crippen LogP contribution in [0, 0.1) is 5.82 Å². The molecule has 0 aliphatic heterocycles. The average molecular weight is 333 g/mol. The zero-order valence-corrected chi connectivity index (χ0v) is 12.5. The molecule has 1 aromatic heterocycles. The van der Waals surface area contributed by atoms with Crippen molar-refractivity contribution in [1.82, 2.24) is 9.55 Å². The molecule has 2 aromatic carbocycles. The molecule has 1 heterocycles. The van der Waals surface area contributed by atoms with E-state index in [0.717, 1.165) is 16.7 Å². The molecule has 0 bridgehead atoms. The monoisotopic (exact) mass is 332 g/mol. The van der Waals surface area contributed by atoms with Gasteiger partial charge in [0.2, 0.25) is 0 Å². The zero-order valence-electron chi connectivity index (χ0n) is 11.7. The molecule has 5 nitrogen and oxygen atoms in total. The molecule has 7 heteroatoms. The normalized spacial score (nSPS) is 10.7. The van der Waals surface area contributed by atoms with Gasteiger partial charge in [0.15, 0.2) is 0 Å². The molecule has 0 saturated heterocycles. The number of hydrogen-bond donors (Lipinski definition) is 0. The highest BCUT2D eigenvalue weighted by Crippen LogP contribution is 2.24. The van der Waals surface area contributed by atoms with Crippen molar-refractivity contribution in [3.8, 4) is 5.75 Å². The lowest BCUT2D eigenvalue weighted by atomic mass is 10.2. The van der Waals surface area contributed by atoms with Crippen LogP contribution in [0.15, 0.2) is 53.6 Å². The highest BCUT2D eigenvalue weighted by molar-refractivity contribution is 6.32. The molecule has 23 heavy (non-hydrogen) atoms. The minimum absolute atomic E-state index is 0.0256. The average Bonchev–Trinajstić information content (AvgIpc) is 2.53. The van der Waals surface area contributed by atoms with Gasteiger partial charge in [-0.2, -0.15) is 0 Å². The summed E-state index contributed by atoms with van der Waals surface area (Å²) < 4.78 is 19.1. The first-order valence-electron chi connectivity index (χ1n) is 6.64. The van der Waals surface area contributed by atoms with Gasteiger partial charge in [0.05, 0.1) is 22.3 Å². The highest BCUT2D eigenvalue weighted by atomic mass is 35.5. The Labute approximate surface area is 134 Å². The Balaban J connectivity index is 1.83. The van der Waals surface area contributed by atoms with E-state index in [1.807, 2.05) is 0 Å². The maximum absolute atomic E-state index is 13.0. The molecule has 0 saturated carbocycles. The fourth-order valence-electron chi connectivity index (χ4n) is 2.07. The summed E-state index contributed by atoms with van der Waals surface area (Å²) in [4.78, 5) is 28.3. The van der Waals surface area contributed by atoms with Gasteiger partial charge in [-0.15, -0.1) is 0 Å². The SMILES string of the molecule is O=C(Cn1cnc2ccccc2c1=O)Oc1ccc(F)cc1Cl. The maximum atomic E-state index is 13.0. The number of aromatic nitrogens is 2. The van der Waals surface area contributed by atoms with Crippen LogP contribution in [0.25, 0.3) is 10.9 Å². The molecule has 0 radical (unpaired) electrons. The molecule has 0 spiro atoms. The van der Waals surface area contributed by atoms with Gasteiger partial charge in [-0.1, -0.05) is 23.7 Å². The first-order valence-corrected chi connectivity index (χ1v) is 7.02. The molecule has 0 aliphatic carbocycles. The van der Waals surface area contributed by atoms with Gasteiger partial charge in [0, 0.05) is 0 Å². The van der Waals surface area contributed by atoms with Crippen molar-refractivity contribution in [2.75, 3.05) is 0 Å². The second-order valence-corrected chi connectivity index (χ2v) is 5.15. The van der Waals surface area contributed by atoms with Crippen molar-refractivity contribution in [3.63, 3.8) is 0 Å². The molecule has 0 amide bonds. The summed E-state index contributed by atoms with van der Waals surface area (Å²) in [7, 11) is 0. The molecule has 0 aliphatic rings. The van der Waals surface area contributed by atoms with Gasteiger partial charge >= 0.3 is 5.97 Å². The van der Waals surface area contributed by atoms with Crippen molar-refractivity contribution < 1.29 is 13.9 Å². The third-order valence-corrected chi connectivity index (χ3v) is 3.44. The van der Waals surface area contributed by atoms with E-state index in [-0.39, 0.29) is 22.9 Å².